The monoisotopic (exact) mass is 369 g/mol. The second-order valence-corrected chi connectivity index (χ2v) is 7.52. The second-order valence-electron chi connectivity index (χ2n) is 7.52. The molecule has 1 aliphatic heterocycles. The number of benzene rings is 2. The Hall–Kier alpha value is -1.72. The summed E-state index contributed by atoms with van der Waals surface area (Å²) in [4.78, 5) is 2.21. The molecule has 2 aromatic carbocycles. The summed E-state index contributed by atoms with van der Waals surface area (Å²) in [5.41, 5.74) is 2.34. The summed E-state index contributed by atoms with van der Waals surface area (Å²) in [6.07, 6.45) is -0.102. The van der Waals surface area contributed by atoms with Gasteiger partial charge in [-0.1, -0.05) is 60.7 Å². The molecule has 1 saturated heterocycles. The van der Waals surface area contributed by atoms with Crippen molar-refractivity contribution < 1.29 is 14.2 Å². The van der Waals surface area contributed by atoms with E-state index in [1.54, 1.807) is 0 Å². The summed E-state index contributed by atoms with van der Waals surface area (Å²) in [6, 6.07) is 20.7. The Labute approximate surface area is 163 Å². The maximum Gasteiger partial charge on any atom is 0.102 e. The quantitative estimate of drug-likeness (QED) is 0.741. The van der Waals surface area contributed by atoms with Gasteiger partial charge in [-0.3, -0.25) is 0 Å². The molecule has 2 aromatic rings. The Kier molecular flexibility index (Phi) is 7.02. The average Bonchev–Trinajstić information content (AvgIpc) is 2.67. The third-order valence-electron chi connectivity index (χ3n) is 5.19. The van der Waals surface area contributed by atoms with Gasteiger partial charge in [-0.25, -0.2) is 0 Å². The largest absolute Gasteiger partial charge is 0.370 e. The Morgan fingerprint density at radius 2 is 1.15 bits per heavy atom. The molecule has 0 spiro atoms. The lowest BCUT2D eigenvalue weighted by molar-refractivity contribution is -0.223. The predicted octanol–water partition coefficient (Wildman–Crippen LogP) is 3.89. The van der Waals surface area contributed by atoms with Crippen molar-refractivity contribution in [2.24, 2.45) is 0 Å². The lowest BCUT2D eigenvalue weighted by Gasteiger charge is -2.47. The maximum absolute atomic E-state index is 6.34. The van der Waals surface area contributed by atoms with Crippen LogP contribution in [0.25, 0.3) is 0 Å². The number of hydrogen-bond donors (Lipinski definition) is 0. The highest BCUT2D eigenvalue weighted by atomic mass is 16.6. The van der Waals surface area contributed by atoms with Crippen molar-refractivity contribution in [1.29, 1.82) is 0 Å². The van der Waals surface area contributed by atoms with Crippen molar-refractivity contribution in [3.05, 3.63) is 71.8 Å². The molecule has 2 unspecified atom stereocenters. The fraction of sp³-hybridized carbons (Fsp3) is 0.478. The molecule has 4 nitrogen and oxygen atoms in total. The van der Waals surface area contributed by atoms with Gasteiger partial charge in [0.2, 0.25) is 0 Å². The summed E-state index contributed by atoms with van der Waals surface area (Å²) < 4.78 is 18.9. The van der Waals surface area contributed by atoms with Crippen LogP contribution in [0.2, 0.25) is 0 Å². The molecule has 0 saturated carbocycles. The number of likely N-dealkylation sites (N-methyl/N-ethyl adjacent to an activating group) is 1. The molecule has 4 heteroatoms. The van der Waals surface area contributed by atoms with Gasteiger partial charge in [-0.15, -0.1) is 0 Å². The zero-order chi connectivity index (χ0) is 19.2. The van der Waals surface area contributed by atoms with E-state index in [0.717, 1.165) is 0 Å². The van der Waals surface area contributed by atoms with E-state index < -0.39 is 0 Å². The van der Waals surface area contributed by atoms with Crippen LogP contribution < -0.4 is 0 Å². The van der Waals surface area contributed by atoms with E-state index in [0.29, 0.717) is 13.2 Å². The highest BCUT2D eigenvalue weighted by molar-refractivity contribution is 5.14. The first-order chi connectivity index (χ1) is 13.1. The normalized spacial score (nSPS) is 28.4. The molecule has 0 aliphatic carbocycles. The molecule has 1 aliphatic rings. The van der Waals surface area contributed by atoms with Crippen LogP contribution in [0.3, 0.4) is 0 Å². The van der Waals surface area contributed by atoms with Gasteiger partial charge in [0.15, 0.2) is 0 Å². The summed E-state index contributed by atoms with van der Waals surface area (Å²) in [5, 5.41) is 0. The summed E-state index contributed by atoms with van der Waals surface area (Å²) in [7, 11) is 4.18. The molecule has 1 heterocycles. The summed E-state index contributed by atoms with van der Waals surface area (Å²) in [5.74, 6) is 0. The lowest BCUT2D eigenvalue weighted by atomic mass is 9.92. The van der Waals surface area contributed by atoms with Crippen LogP contribution in [0, 0.1) is 0 Å². The minimum atomic E-state index is -0.0582. The first-order valence-corrected chi connectivity index (χ1v) is 9.69. The van der Waals surface area contributed by atoms with E-state index in [2.05, 4.69) is 57.1 Å². The van der Waals surface area contributed by atoms with Crippen molar-refractivity contribution in [3.63, 3.8) is 0 Å². The van der Waals surface area contributed by atoms with Crippen LogP contribution in [0.4, 0.5) is 0 Å². The molecule has 0 N–H and O–H groups in total. The van der Waals surface area contributed by atoms with Crippen LogP contribution in [-0.4, -0.2) is 49.5 Å². The summed E-state index contributed by atoms with van der Waals surface area (Å²) in [6.45, 7) is 5.33. The molecule has 1 fully saturated rings. The Morgan fingerprint density at radius 1 is 0.741 bits per heavy atom. The lowest BCUT2D eigenvalue weighted by Crippen LogP contribution is -2.62. The van der Waals surface area contributed by atoms with Crippen LogP contribution in [0.5, 0.6) is 0 Å². The molecule has 0 bridgehead atoms. The first kappa shape index (κ1) is 20.0. The van der Waals surface area contributed by atoms with Crippen LogP contribution in [0.15, 0.2) is 60.7 Å². The average molecular weight is 370 g/mol. The van der Waals surface area contributed by atoms with E-state index in [1.807, 2.05) is 36.4 Å². The smallest absolute Gasteiger partial charge is 0.102 e. The Balaban J connectivity index is 1.71. The Morgan fingerprint density at radius 3 is 1.52 bits per heavy atom. The predicted molar refractivity (Wildman–Crippen MR) is 108 cm³/mol. The van der Waals surface area contributed by atoms with Gasteiger partial charge < -0.3 is 19.1 Å². The zero-order valence-electron chi connectivity index (χ0n) is 16.7. The fourth-order valence-electron chi connectivity index (χ4n) is 3.83. The third-order valence-corrected chi connectivity index (χ3v) is 5.19. The van der Waals surface area contributed by atoms with E-state index >= 15 is 0 Å². The number of ether oxygens (including phenoxy) is 3. The van der Waals surface area contributed by atoms with Crippen LogP contribution in [-0.2, 0) is 27.4 Å². The number of nitrogens with zero attached hydrogens (tertiary/aromatic N) is 1. The van der Waals surface area contributed by atoms with Gasteiger partial charge in [0.25, 0.3) is 0 Å². The van der Waals surface area contributed by atoms with Gasteiger partial charge in [-0.2, -0.15) is 0 Å². The number of hydrogen-bond acceptors (Lipinski definition) is 4. The molecule has 146 valence electrons. The number of rotatable bonds is 7. The zero-order valence-corrected chi connectivity index (χ0v) is 16.7. The molecule has 27 heavy (non-hydrogen) atoms. The highest BCUT2D eigenvalue weighted by Crippen LogP contribution is 2.29. The third kappa shape index (κ3) is 5.17. The first-order valence-electron chi connectivity index (χ1n) is 9.69. The van der Waals surface area contributed by atoms with Gasteiger partial charge in [0.1, 0.15) is 12.2 Å². The topological polar surface area (TPSA) is 30.9 Å². The Bertz CT molecular complexity index is 621. The van der Waals surface area contributed by atoms with Crippen LogP contribution >= 0.6 is 0 Å². The van der Waals surface area contributed by atoms with E-state index in [1.165, 1.54) is 11.1 Å². The van der Waals surface area contributed by atoms with Gasteiger partial charge in [-0.05, 0) is 39.1 Å². The van der Waals surface area contributed by atoms with E-state index in [-0.39, 0.29) is 30.5 Å². The van der Waals surface area contributed by atoms with Gasteiger partial charge in [0.05, 0.1) is 31.5 Å². The molecular formula is C23H31NO3. The van der Waals surface area contributed by atoms with Gasteiger partial charge >= 0.3 is 0 Å². The molecule has 0 radical (unpaired) electrons. The minimum Gasteiger partial charge on any atom is -0.370 e. The summed E-state index contributed by atoms with van der Waals surface area (Å²) >= 11 is 0. The molecular weight excluding hydrogens is 338 g/mol. The van der Waals surface area contributed by atoms with Crippen molar-refractivity contribution >= 4 is 0 Å². The molecule has 0 amide bonds. The van der Waals surface area contributed by atoms with Crippen LogP contribution in [0.1, 0.15) is 25.0 Å². The second kappa shape index (κ2) is 9.47. The fourth-order valence-corrected chi connectivity index (χ4v) is 3.83. The van der Waals surface area contributed by atoms with Crippen molar-refractivity contribution in [3.8, 4) is 0 Å². The van der Waals surface area contributed by atoms with Crippen molar-refractivity contribution in [2.75, 3.05) is 14.1 Å². The molecule has 5 atom stereocenters. The van der Waals surface area contributed by atoms with Gasteiger partial charge in [0, 0.05) is 0 Å². The van der Waals surface area contributed by atoms with Crippen molar-refractivity contribution in [1.82, 2.24) is 4.90 Å². The minimum absolute atomic E-state index is 0.00712. The molecule has 3 rings (SSSR count). The SMILES string of the molecule is CC1O[C@H](C)[C@H](OCc2ccccc2)C(N(C)C)[C@H]1OCc1ccccc1. The molecule has 0 aromatic heterocycles. The van der Waals surface area contributed by atoms with Crippen molar-refractivity contribution in [2.45, 2.75) is 57.5 Å². The maximum atomic E-state index is 6.34. The standard InChI is InChI=1S/C23H31NO3/c1-17-22(25-15-19-11-7-5-8-12-19)21(24(3)4)23(18(2)27-17)26-16-20-13-9-6-10-14-20/h5-14,17-18,21-23H,15-16H2,1-4H3/t17-,18?,21?,22+,23+/m1/s1. The highest BCUT2D eigenvalue weighted by Gasteiger charge is 2.45. The van der Waals surface area contributed by atoms with E-state index in [4.69, 9.17) is 14.2 Å². The van der Waals surface area contributed by atoms with E-state index in [9.17, 15) is 0 Å².